The minimum Gasteiger partial charge on any atom is -0.480 e. The van der Waals surface area contributed by atoms with E-state index in [4.69, 9.17) is 24.3 Å². The number of benzene rings is 1. The van der Waals surface area contributed by atoms with E-state index in [2.05, 4.69) is 25.0 Å². The fourth-order valence-corrected chi connectivity index (χ4v) is 5.96. The van der Waals surface area contributed by atoms with Crippen molar-refractivity contribution < 1.29 is 43.2 Å². The predicted octanol–water partition coefficient (Wildman–Crippen LogP) is 1.24. The molecule has 1 aromatic carbocycles. The third-order valence-electron chi connectivity index (χ3n) is 6.56. The molecule has 0 spiro atoms. The zero-order valence-electron chi connectivity index (χ0n) is 22.1. The smallest absolute Gasteiger partial charge is 0.459 e. The molecule has 1 aliphatic heterocycles. The van der Waals surface area contributed by atoms with E-state index in [1.165, 1.54) is 37.9 Å². The Labute approximate surface area is 232 Å². The summed E-state index contributed by atoms with van der Waals surface area (Å²) in [7, 11) is -3.03. The van der Waals surface area contributed by atoms with Crippen molar-refractivity contribution in [3.05, 3.63) is 42.9 Å². The van der Waals surface area contributed by atoms with Gasteiger partial charge in [0.2, 0.25) is 11.8 Å². The van der Waals surface area contributed by atoms with Gasteiger partial charge in [-0.05, 0) is 38.1 Å². The van der Waals surface area contributed by atoms with E-state index in [9.17, 15) is 24.7 Å². The summed E-state index contributed by atoms with van der Waals surface area (Å²) in [6, 6.07) is 6.89. The standard InChI is InChI=1S/C24H28N7O9P/c1-12(21(33)34)30-41(36,40-15-8-4-7-14-13(15)6-5-9-26-14)38-10-16-18(32)24(2,35)22(39-16)31-11-27-17-19(31)28-23(25)29-20(17)37-3/h4-9,11-12,16,18,22,32,35H,10H2,1-3H3,(H,30,36)(H,33,34)(H2,25,28,29)/t12?,16-,18-,22?,24-,41?/m1/s1. The first-order valence-corrected chi connectivity index (χ1v) is 13.9. The lowest BCUT2D eigenvalue weighted by Crippen LogP contribution is -2.44. The maximum Gasteiger partial charge on any atom is 0.459 e. The second kappa shape index (κ2) is 10.8. The van der Waals surface area contributed by atoms with E-state index in [1.807, 2.05) is 0 Å². The van der Waals surface area contributed by atoms with Gasteiger partial charge in [-0.15, -0.1) is 0 Å². The van der Waals surface area contributed by atoms with Crippen LogP contribution in [-0.2, 0) is 18.6 Å². The number of imidazole rings is 1. The van der Waals surface area contributed by atoms with Gasteiger partial charge in [0.1, 0.15) is 29.6 Å². The Hall–Kier alpha value is -3.92. The number of hydrogen-bond acceptors (Lipinski definition) is 13. The van der Waals surface area contributed by atoms with Crippen LogP contribution in [0.4, 0.5) is 5.95 Å². The van der Waals surface area contributed by atoms with E-state index in [0.717, 1.165) is 0 Å². The molecular formula is C24H28N7O9P. The van der Waals surface area contributed by atoms with Crippen LogP contribution in [0.3, 0.4) is 0 Å². The van der Waals surface area contributed by atoms with Crippen LogP contribution in [0.5, 0.6) is 11.6 Å². The monoisotopic (exact) mass is 589 g/mol. The van der Waals surface area contributed by atoms with Gasteiger partial charge in [0, 0.05) is 11.6 Å². The van der Waals surface area contributed by atoms with Crippen molar-refractivity contribution in [2.24, 2.45) is 0 Å². The lowest BCUT2D eigenvalue weighted by Gasteiger charge is -2.27. The van der Waals surface area contributed by atoms with Gasteiger partial charge in [-0.1, -0.05) is 6.07 Å². The molecule has 3 unspecified atom stereocenters. The molecule has 17 heteroatoms. The average molecular weight is 590 g/mol. The number of carboxylic acids is 1. The normalized spacial score (nSPS) is 24.8. The van der Waals surface area contributed by atoms with Gasteiger partial charge in [-0.25, -0.2) is 9.55 Å². The summed E-state index contributed by atoms with van der Waals surface area (Å²) in [5.74, 6) is -1.20. The van der Waals surface area contributed by atoms with Crippen LogP contribution in [0.2, 0.25) is 0 Å². The van der Waals surface area contributed by atoms with Crippen LogP contribution >= 0.6 is 7.75 Å². The first-order chi connectivity index (χ1) is 19.4. The number of aliphatic carboxylic acids is 1. The zero-order chi connectivity index (χ0) is 29.5. The predicted molar refractivity (Wildman–Crippen MR) is 143 cm³/mol. The number of aromatic nitrogens is 5. The van der Waals surface area contributed by atoms with Crippen LogP contribution in [0.25, 0.3) is 22.1 Å². The van der Waals surface area contributed by atoms with E-state index in [0.29, 0.717) is 10.9 Å². The highest BCUT2D eigenvalue weighted by Gasteiger charge is 2.54. The largest absolute Gasteiger partial charge is 0.480 e. The van der Waals surface area contributed by atoms with Crippen molar-refractivity contribution in [2.45, 2.75) is 43.9 Å². The summed E-state index contributed by atoms with van der Waals surface area (Å²) >= 11 is 0. The number of nitrogens with one attached hydrogen (secondary N) is 1. The van der Waals surface area contributed by atoms with Gasteiger partial charge < -0.3 is 35.1 Å². The van der Waals surface area contributed by atoms with E-state index >= 15 is 0 Å². The maximum absolute atomic E-state index is 13.9. The van der Waals surface area contributed by atoms with E-state index in [-0.39, 0.29) is 28.7 Å². The number of nitrogen functional groups attached to an aromatic ring is 1. The molecule has 16 nitrogen and oxygen atoms in total. The second-order valence-corrected chi connectivity index (χ2v) is 11.2. The Balaban J connectivity index is 1.42. The Morgan fingerprint density at radius 3 is 2.80 bits per heavy atom. The molecule has 0 aliphatic carbocycles. The summed E-state index contributed by atoms with van der Waals surface area (Å²) in [5.41, 5.74) is 4.83. The Morgan fingerprint density at radius 2 is 2.07 bits per heavy atom. The Bertz CT molecular complexity index is 1640. The molecule has 3 aromatic heterocycles. The summed E-state index contributed by atoms with van der Waals surface area (Å²) in [6.45, 7) is 2.03. The van der Waals surface area contributed by atoms with Gasteiger partial charge in [0.15, 0.2) is 17.4 Å². The molecule has 6 N–H and O–H groups in total. The fourth-order valence-electron chi connectivity index (χ4n) is 4.44. The number of aliphatic hydroxyl groups is 2. The summed E-state index contributed by atoms with van der Waals surface area (Å²) in [5, 5.41) is 34.5. The summed E-state index contributed by atoms with van der Waals surface area (Å²) in [6.07, 6.45) is -1.16. The van der Waals surface area contributed by atoms with E-state index < -0.39 is 50.4 Å². The lowest BCUT2D eigenvalue weighted by molar-refractivity contribution is -0.138. The first-order valence-electron chi connectivity index (χ1n) is 12.3. The Morgan fingerprint density at radius 1 is 1.29 bits per heavy atom. The molecule has 0 saturated carbocycles. The third kappa shape index (κ3) is 5.40. The first kappa shape index (κ1) is 28.6. The SMILES string of the molecule is COc1nc(N)nc2c1ncn2C1O[C@H](COP(=O)(NC(C)C(=O)O)Oc2cccc3ncccc23)[C@@H](O)[C@@]1(C)O. The molecule has 0 amide bonds. The van der Waals surface area contributed by atoms with Crippen LogP contribution in [-0.4, -0.2) is 83.4 Å². The van der Waals surface area contributed by atoms with Gasteiger partial charge in [-0.3, -0.25) is 18.9 Å². The van der Waals surface area contributed by atoms with Crippen molar-refractivity contribution in [3.63, 3.8) is 0 Å². The molecule has 4 aromatic rings. The van der Waals surface area contributed by atoms with Crippen molar-refractivity contribution in [1.29, 1.82) is 0 Å². The second-order valence-electron chi connectivity index (χ2n) is 9.51. The summed E-state index contributed by atoms with van der Waals surface area (Å²) in [4.78, 5) is 28.1. The quantitative estimate of drug-likeness (QED) is 0.164. The number of anilines is 1. The number of nitrogens with two attached hydrogens (primary N) is 1. The molecule has 0 radical (unpaired) electrons. The fraction of sp³-hybridized carbons (Fsp3) is 0.375. The maximum atomic E-state index is 13.9. The molecule has 1 aliphatic rings. The molecule has 0 bridgehead atoms. The number of carbonyl (C=O) groups is 1. The highest BCUT2D eigenvalue weighted by atomic mass is 31.2. The van der Waals surface area contributed by atoms with Crippen molar-refractivity contribution in [2.75, 3.05) is 19.5 Å². The van der Waals surface area contributed by atoms with E-state index in [1.54, 1.807) is 30.5 Å². The molecule has 1 saturated heterocycles. The minimum atomic E-state index is -4.42. The van der Waals surface area contributed by atoms with Gasteiger partial charge >= 0.3 is 13.7 Å². The summed E-state index contributed by atoms with van der Waals surface area (Å²) < 4.78 is 37.7. The average Bonchev–Trinajstić information content (AvgIpc) is 3.44. The molecule has 5 rings (SSSR count). The van der Waals surface area contributed by atoms with Crippen LogP contribution in [0.15, 0.2) is 42.9 Å². The number of pyridine rings is 1. The number of ether oxygens (including phenoxy) is 2. The van der Waals surface area contributed by atoms with Crippen LogP contribution < -0.4 is 20.1 Å². The molecule has 218 valence electrons. The van der Waals surface area contributed by atoms with Crippen LogP contribution in [0, 0.1) is 0 Å². The third-order valence-corrected chi connectivity index (χ3v) is 8.19. The minimum absolute atomic E-state index is 0.102. The lowest BCUT2D eigenvalue weighted by atomic mass is 9.96. The van der Waals surface area contributed by atoms with Crippen molar-refractivity contribution in [1.82, 2.24) is 29.6 Å². The number of carboxylic acid groups (broad SMARTS) is 1. The topological polar surface area (TPSA) is 226 Å². The molecule has 1 fully saturated rings. The van der Waals surface area contributed by atoms with Gasteiger partial charge in [0.25, 0.3) is 0 Å². The number of rotatable bonds is 10. The molecule has 4 heterocycles. The number of nitrogens with zero attached hydrogens (tertiary/aromatic N) is 5. The molecular weight excluding hydrogens is 561 g/mol. The molecule has 6 atom stereocenters. The number of fused-ring (bicyclic) bond motifs is 2. The number of methoxy groups -OCH3 is 1. The molecule has 41 heavy (non-hydrogen) atoms. The highest BCUT2D eigenvalue weighted by Crippen LogP contribution is 2.48. The van der Waals surface area contributed by atoms with Gasteiger partial charge in [-0.2, -0.15) is 15.1 Å². The number of aliphatic hydroxyl groups excluding tert-OH is 1. The van der Waals surface area contributed by atoms with Gasteiger partial charge in [0.05, 0.1) is 25.6 Å². The zero-order valence-corrected chi connectivity index (χ0v) is 23.0. The highest BCUT2D eigenvalue weighted by molar-refractivity contribution is 7.52. The van der Waals surface area contributed by atoms with Crippen molar-refractivity contribution in [3.8, 4) is 11.6 Å². The van der Waals surface area contributed by atoms with Crippen LogP contribution in [0.1, 0.15) is 20.1 Å². The van der Waals surface area contributed by atoms with Crippen molar-refractivity contribution >= 4 is 41.7 Å². The number of hydrogen-bond donors (Lipinski definition) is 5. The Kier molecular flexibility index (Phi) is 7.54.